The maximum Gasteiger partial charge on any atom is 0.223 e. The number of likely N-dealkylation sites (tertiary alicyclic amines) is 2. The van der Waals surface area contributed by atoms with E-state index >= 15 is 0 Å². The molecular weight excluding hydrogens is 330 g/mol. The third-order valence-corrected chi connectivity index (χ3v) is 6.16. The normalized spacial score (nSPS) is 25.5. The summed E-state index contributed by atoms with van der Waals surface area (Å²) < 4.78 is 0. The van der Waals surface area contributed by atoms with Crippen LogP contribution in [0, 0.1) is 5.92 Å². The lowest BCUT2D eigenvalue weighted by molar-refractivity contribution is -0.130. The molecule has 2 N–H and O–H groups in total. The van der Waals surface area contributed by atoms with E-state index < -0.39 is 0 Å². The lowest BCUT2D eigenvalue weighted by Crippen LogP contribution is -2.45. The number of nitrogens with two attached hydrogens (primary N) is 1. The zero-order valence-corrected chi connectivity index (χ0v) is 15.1. The Labute approximate surface area is 154 Å². The predicted molar refractivity (Wildman–Crippen MR) is 95.9 cm³/mol. The number of carbonyl (C=O) groups is 2. The SMILES string of the molecule is NC(=O)C1CC(=O)N(C2CCN(Cc3cnc(C4CCC4)nc3)CC2)C1. The smallest absolute Gasteiger partial charge is 0.223 e. The summed E-state index contributed by atoms with van der Waals surface area (Å²) in [4.78, 5) is 36.9. The van der Waals surface area contributed by atoms with E-state index in [1.807, 2.05) is 17.3 Å². The zero-order chi connectivity index (χ0) is 18.1. The fourth-order valence-corrected chi connectivity index (χ4v) is 4.25. The number of hydrogen-bond acceptors (Lipinski definition) is 5. The summed E-state index contributed by atoms with van der Waals surface area (Å²) in [6.45, 7) is 3.24. The molecule has 1 unspecified atom stereocenters. The molecule has 1 aromatic heterocycles. The molecule has 1 aliphatic carbocycles. The minimum absolute atomic E-state index is 0.0761. The zero-order valence-electron chi connectivity index (χ0n) is 15.1. The summed E-state index contributed by atoms with van der Waals surface area (Å²) in [5.74, 6) is 0.972. The van der Waals surface area contributed by atoms with Crippen molar-refractivity contribution in [3.63, 3.8) is 0 Å². The highest BCUT2D eigenvalue weighted by Gasteiger charge is 2.38. The van der Waals surface area contributed by atoms with Gasteiger partial charge in [0.2, 0.25) is 11.8 Å². The molecule has 0 spiro atoms. The van der Waals surface area contributed by atoms with Crippen molar-refractivity contribution in [1.29, 1.82) is 0 Å². The molecule has 0 aromatic carbocycles. The van der Waals surface area contributed by atoms with Crippen LogP contribution in [0.4, 0.5) is 0 Å². The Bertz CT molecular complexity index is 665. The van der Waals surface area contributed by atoms with E-state index in [4.69, 9.17) is 5.73 Å². The van der Waals surface area contributed by atoms with Crippen molar-refractivity contribution in [2.24, 2.45) is 11.7 Å². The Balaban J connectivity index is 1.27. The summed E-state index contributed by atoms with van der Waals surface area (Å²) in [5.41, 5.74) is 6.51. The van der Waals surface area contributed by atoms with Gasteiger partial charge >= 0.3 is 0 Å². The summed E-state index contributed by atoms with van der Waals surface area (Å²) in [5, 5.41) is 0. The van der Waals surface area contributed by atoms with Crippen LogP contribution in [0.3, 0.4) is 0 Å². The maximum absolute atomic E-state index is 12.2. The van der Waals surface area contributed by atoms with Crippen molar-refractivity contribution in [2.45, 2.75) is 57.0 Å². The van der Waals surface area contributed by atoms with Crippen molar-refractivity contribution in [1.82, 2.24) is 19.8 Å². The third-order valence-electron chi connectivity index (χ3n) is 6.16. The van der Waals surface area contributed by atoms with E-state index in [1.54, 1.807) is 0 Å². The Kier molecular flexibility index (Phi) is 4.89. The number of rotatable bonds is 5. The number of nitrogens with zero attached hydrogens (tertiary/aromatic N) is 4. The van der Waals surface area contributed by atoms with Gasteiger partial charge < -0.3 is 10.6 Å². The van der Waals surface area contributed by atoms with Gasteiger partial charge in [-0.2, -0.15) is 0 Å². The Morgan fingerprint density at radius 2 is 1.85 bits per heavy atom. The summed E-state index contributed by atoms with van der Waals surface area (Å²) in [7, 11) is 0. The number of amides is 2. The maximum atomic E-state index is 12.2. The Morgan fingerprint density at radius 3 is 2.38 bits per heavy atom. The molecule has 7 heteroatoms. The second kappa shape index (κ2) is 7.31. The number of piperidine rings is 1. The van der Waals surface area contributed by atoms with Gasteiger partial charge in [0.15, 0.2) is 0 Å². The average Bonchev–Trinajstić information content (AvgIpc) is 2.98. The van der Waals surface area contributed by atoms with Crippen LogP contribution in [0.5, 0.6) is 0 Å². The first-order valence-electron chi connectivity index (χ1n) is 9.72. The molecule has 2 saturated heterocycles. The van der Waals surface area contributed by atoms with E-state index in [0.29, 0.717) is 12.5 Å². The summed E-state index contributed by atoms with van der Waals surface area (Å²) in [6.07, 6.45) is 9.83. The molecule has 2 aliphatic heterocycles. The van der Waals surface area contributed by atoms with Crippen molar-refractivity contribution in [3.8, 4) is 0 Å². The van der Waals surface area contributed by atoms with Gasteiger partial charge in [0.25, 0.3) is 0 Å². The second-order valence-electron chi connectivity index (χ2n) is 7.93. The highest BCUT2D eigenvalue weighted by molar-refractivity contribution is 5.88. The molecule has 2 amide bonds. The highest BCUT2D eigenvalue weighted by atomic mass is 16.2. The lowest BCUT2D eigenvalue weighted by Gasteiger charge is -2.36. The van der Waals surface area contributed by atoms with Crippen LogP contribution in [0.15, 0.2) is 12.4 Å². The molecule has 1 aromatic rings. The topological polar surface area (TPSA) is 92.4 Å². The number of hydrogen-bond donors (Lipinski definition) is 1. The van der Waals surface area contributed by atoms with E-state index in [9.17, 15) is 9.59 Å². The van der Waals surface area contributed by atoms with Crippen LogP contribution in [-0.2, 0) is 16.1 Å². The predicted octanol–water partition coefficient (Wildman–Crippen LogP) is 1.04. The van der Waals surface area contributed by atoms with Gasteiger partial charge in [-0.3, -0.25) is 14.5 Å². The van der Waals surface area contributed by atoms with Crippen molar-refractivity contribution < 1.29 is 9.59 Å². The molecule has 3 aliphatic rings. The quantitative estimate of drug-likeness (QED) is 0.850. The van der Waals surface area contributed by atoms with Crippen molar-refractivity contribution in [3.05, 3.63) is 23.8 Å². The molecule has 4 rings (SSSR count). The van der Waals surface area contributed by atoms with E-state index in [2.05, 4.69) is 14.9 Å². The largest absolute Gasteiger partial charge is 0.369 e. The van der Waals surface area contributed by atoms with Gasteiger partial charge in [-0.25, -0.2) is 9.97 Å². The minimum atomic E-state index is -0.358. The molecule has 0 radical (unpaired) electrons. The number of primary amides is 1. The molecule has 3 heterocycles. The fourth-order valence-electron chi connectivity index (χ4n) is 4.25. The van der Waals surface area contributed by atoms with Crippen molar-refractivity contribution in [2.75, 3.05) is 19.6 Å². The molecule has 1 atom stereocenters. The van der Waals surface area contributed by atoms with Crippen LogP contribution < -0.4 is 5.73 Å². The molecule has 1 saturated carbocycles. The van der Waals surface area contributed by atoms with Gasteiger partial charge in [-0.1, -0.05) is 6.42 Å². The Morgan fingerprint density at radius 1 is 1.15 bits per heavy atom. The molecule has 7 nitrogen and oxygen atoms in total. The molecular formula is C19H27N5O2. The molecule has 0 bridgehead atoms. The second-order valence-corrected chi connectivity index (χ2v) is 7.93. The summed E-state index contributed by atoms with van der Waals surface area (Å²) >= 11 is 0. The summed E-state index contributed by atoms with van der Waals surface area (Å²) in [6, 6.07) is 0.236. The monoisotopic (exact) mass is 357 g/mol. The first-order chi connectivity index (χ1) is 12.6. The van der Waals surface area contributed by atoms with Gasteiger partial charge in [-0.05, 0) is 25.7 Å². The number of carbonyl (C=O) groups excluding carboxylic acids is 2. The molecule has 26 heavy (non-hydrogen) atoms. The van der Waals surface area contributed by atoms with Crippen LogP contribution in [0.1, 0.15) is 55.8 Å². The third kappa shape index (κ3) is 3.58. The van der Waals surface area contributed by atoms with Crippen LogP contribution >= 0.6 is 0 Å². The Hall–Kier alpha value is -2.02. The standard InChI is InChI=1S/C19H27N5O2/c20-18(26)15-8-17(25)24(12-15)16-4-6-23(7-5-16)11-13-9-21-19(22-10-13)14-2-1-3-14/h9-10,14-16H,1-8,11-12H2,(H2,20,26). The van der Waals surface area contributed by atoms with E-state index in [1.165, 1.54) is 19.3 Å². The highest BCUT2D eigenvalue weighted by Crippen LogP contribution is 2.34. The van der Waals surface area contributed by atoms with Gasteiger partial charge in [0.05, 0.1) is 5.92 Å². The first-order valence-corrected chi connectivity index (χ1v) is 9.72. The number of aromatic nitrogens is 2. The first kappa shape index (κ1) is 17.4. The average molecular weight is 357 g/mol. The van der Waals surface area contributed by atoms with Gasteiger partial charge in [0.1, 0.15) is 5.82 Å². The van der Waals surface area contributed by atoms with Crippen LogP contribution in [-0.4, -0.2) is 57.3 Å². The van der Waals surface area contributed by atoms with Gasteiger partial charge in [-0.15, -0.1) is 0 Å². The van der Waals surface area contributed by atoms with E-state index in [-0.39, 0.29) is 30.2 Å². The molecule has 3 fully saturated rings. The van der Waals surface area contributed by atoms with Gasteiger partial charge in [0, 0.05) is 62.5 Å². The van der Waals surface area contributed by atoms with Crippen LogP contribution in [0.2, 0.25) is 0 Å². The van der Waals surface area contributed by atoms with Crippen molar-refractivity contribution >= 4 is 11.8 Å². The fraction of sp³-hybridized carbons (Fsp3) is 0.684. The minimum Gasteiger partial charge on any atom is -0.369 e. The van der Waals surface area contributed by atoms with E-state index in [0.717, 1.165) is 43.9 Å². The van der Waals surface area contributed by atoms with Crippen LogP contribution in [0.25, 0.3) is 0 Å². The lowest BCUT2D eigenvalue weighted by atomic mass is 9.85. The molecule has 140 valence electrons.